The summed E-state index contributed by atoms with van der Waals surface area (Å²) in [6, 6.07) is 6.17. The van der Waals surface area contributed by atoms with E-state index in [1.165, 1.54) is 12.1 Å². The molecule has 1 heterocycles. The van der Waals surface area contributed by atoms with Gasteiger partial charge in [0.2, 0.25) is 0 Å². The zero-order chi connectivity index (χ0) is 20.7. The topological polar surface area (TPSA) is 105 Å². The number of cyclic esters (lactones) is 2. The minimum Gasteiger partial charge on any atom is -0.462 e. The Morgan fingerprint density at radius 2 is 1.50 bits per heavy atom. The predicted molar refractivity (Wildman–Crippen MR) is 103 cm³/mol. The fourth-order valence-corrected chi connectivity index (χ4v) is 2.83. The third kappa shape index (κ3) is 4.71. The van der Waals surface area contributed by atoms with Crippen molar-refractivity contribution in [2.75, 3.05) is 6.61 Å². The van der Waals surface area contributed by atoms with Crippen LogP contribution in [0.25, 0.3) is 5.70 Å². The van der Waals surface area contributed by atoms with Crippen LogP contribution in [0.3, 0.4) is 0 Å². The lowest BCUT2D eigenvalue weighted by Crippen LogP contribution is -2.46. The molecular weight excluding hydrogens is 362 g/mol. The number of esters is 3. The van der Waals surface area contributed by atoms with Gasteiger partial charge in [0.25, 0.3) is 5.79 Å². The molecule has 1 aromatic rings. The Labute approximate surface area is 164 Å². The van der Waals surface area contributed by atoms with Crippen molar-refractivity contribution in [1.82, 2.24) is 0 Å². The second-order valence-corrected chi connectivity index (χ2v) is 6.61. The minimum atomic E-state index is -1.25. The van der Waals surface area contributed by atoms with E-state index in [2.05, 4.69) is 6.92 Å². The van der Waals surface area contributed by atoms with Crippen molar-refractivity contribution in [2.45, 2.75) is 58.7 Å². The van der Waals surface area contributed by atoms with Gasteiger partial charge in [0, 0.05) is 12.8 Å². The van der Waals surface area contributed by atoms with Gasteiger partial charge in [-0.15, -0.1) is 0 Å². The van der Waals surface area contributed by atoms with Crippen LogP contribution in [-0.4, -0.2) is 30.3 Å². The van der Waals surface area contributed by atoms with Crippen molar-refractivity contribution in [3.8, 4) is 0 Å². The van der Waals surface area contributed by atoms with Gasteiger partial charge in [-0.05, 0) is 24.1 Å². The summed E-state index contributed by atoms with van der Waals surface area (Å²) < 4.78 is 15.9. The van der Waals surface area contributed by atoms with E-state index in [1.807, 2.05) is 0 Å². The zero-order valence-corrected chi connectivity index (χ0v) is 16.6. The number of rotatable bonds is 8. The predicted octanol–water partition coefficient (Wildman–Crippen LogP) is 3.32. The first kappa shape index (κ1) is 21.5. The van der Waals surface area contributed by atoms with Gasteiger partial charge in [-0.3, -0.25) is 0 Å². The summed E-state index contributed by atoms with van der Waals surface area (Å²) >= 11 is 0. The Hall–Kier alpha value is -2.83. The Morgan fingerprint density at radius 3 is 2.00 bits per heavy atom. The molecule has 1 aromatic carbocycles. The van der Waals surface area contributed by atoms with E-state index in [4.69, 9.17) is 19.9 Å². The first-order valence-corrected chi connectivity index (χ1v) is 9.61. The molecule has 1 aliphatic heterocycles. The van der Waals surface area contributed by atoms with Crippen molar-refractivity contribution in [1.29, 1.82) is 0 Å². The molecule has 7 nitrogen and oxygen atoms in total. The molecule has 0 aliphatic carbocycles. The second kappa shape index (κ2) is 9.39. The van der Waals surface area contributed by atoms with E-state index in [-0.39, 0.29) is 11.3 Å². The van der Waals surface area contributed by atoms with Gasteiger partial charge in [-0.1, -0.05) is 45.7 Å². The normalized spacial score (nSPS) is 15.6. The lowest BCUT2D eigenvalue weighted by atomic mass is 10.0. The van der Waals surface area contributed by atoms with Crippen LogP contribution in [0.15, 0.2) is 29.8 Å². The zero-order valence-electron chi connectivity index (χ0n) is 16.6. The molecule has 0 spiro atoms. The van der Waals surface area contributed by atoms with E-state index < -0.39 is 23.7 Å². The maximum atomic E-state index is 12.4. The molecule has 0 unspecified atom stereocenters. The maximum Gasteiger partial charge on any atom is 0.351 e. The highest BCUT2D eigenvalue weighted by molar-refractivity contribution is 6.20. The van der Waals surface area contributed by atoms with Crippen molar-refractivity contribution in [3.05, 3.63) is 41.0 Å². The second-order valence-electron chi connectivity index (χ2n) is 6.61. The van der Waals surface area contributed by atoms with Crippen LogP contribution < -0.4 is 5.73 Å². The summed E-state index contributed by atoms with van der Waals surface area (Å²) in [6.45, 7) is 5.97. The fraction of sp³-hybridized carbons (Fsp3) is 0.476. The van der Waals surface area contributed by atoms with Gasteiger partial charge in [0.1, 0.15) is 0 Å². The lowest BCUT2D eigenvalue weighted by molar-refractivity contribution is -0.237. The third-order valence-corrected chi connectivity index (χ3v) is 4.72. The molecule has 1 fully saturated rings. The largest absolute Gasteiger partial charge is 0.462 e. The van der Waals surface area contributed by atoms with Gasteiger partial charge in [0.15, 0.2) is 5.57 Å². The van der Waals surface area contributed by atoms with Crippen molar-refractivity contribution in [2.24, 2.45) is 5.73 Å². The number of hydrogen-bond donors (Lipinski definition) is 1. The standard InChI is InChI=1S/C21H27NO6/c1-4-7-8-13-26-18(23)15-11-9-14(10-12-15)17(22)16-19(24)27-21(5-2,6-3)28-20(16)25/h9-12H,4-8,13,22H2,1-3H3. The third-order valence-electron chi connectivity index (χ3n) is 4.72. The average molecular weight is 389 g/mol. The van der Waals surface area contributed by atoms with E-state index in [0.29, 0.717) is 30.6 Å². The monoisotopic (exact) mass is 389 g/mol. The first-order valence-electron chi connectivity index (χ1n) is 9.61. The summed E-state index contributed by atoms with van der Waals surface area (Å²) in [6.07, 6.45) is 3.57. The summed E-state index contributed by atoms with van der Waals surface area (Å²) in [4.78, 5) is 36.7. The van der Waals surface area contributed by atoms with Crippen LogP contribution in [0.2, 0.25) is 0 Å². The smallest absolute Gasteiger partial charge is 0.351 e. The summed E-state index contributed by atoms with van der Waals surface area (Å²) in [5.41, 5.74) is 6.40. The molecule has 0 bridgehead atoms. The molecule has 0 aromatic heterocycles. The number of ether oxygens (including phenoxy) is 3. The number of carbonyl (C=O) groups excluding carboxylic acids is 3. The molecule has 1 saturated heterocycles. The van der Waals surface area contributed by atoms with Crippen LogP contribution >= 0.6 is 0 Å². The SMILES string of the molecule is CCCCCOC(=O)c1ccc(C(N)=C2C(=O)OC(CC)(CC)OC2=O)cc1. The number of unbranched alkanes of at least 4 members (excludes halogenated alkanes) is 2. The van der Waals surface area contributed by atoms with Crippen molar-refractivity contribution >= 4 is 23.6 Å². The van der Waals surface area contributed by atoms with E-state index in [9.17, 15) is 14.4 Å². The van der Waals surface area contributed by atoms with Crippen LogP contribution in [0.1, 0.15) is 68.8 Å². The highest BCUT2D eigenvalue weighted by Crippen LogP contribution is 2.31. The molecular formula is C21H27NO6. The minimum absolute atomic E-state index is 0.0568. The number of benzene rings is 1. The number of nitrogens with two attached hydrogens (primary N) is 1. The van der Waals surface area contributed by atoms with Crippen LogP contribution in [0.5, 0.6) is 0 Å². The maximum absolute atomic E-state index is 12.4. The van der Waals surface area contributed by atoms with Crippen LogP contribution in [-0.2, 0) is 23.8 Å². The quantitative estimate of drug-likeness (QED) is 0.315. The van der Waals surface area contributed by atoms with Crippen molar-refractivity contribution < 1.29 is 28.6 Å². The summed E-state index contributed by atoms with van der Waals surface area (Å²) in [7, 11) is 0. The number of hydrogen-bond acceptors (Lipinski definition) is 7. The fourth-order valence-electron chi connectivity index (χ4n) is 2.83. The molecule has 2 rings (SSSR count). The van der Waals surface area contributed by atoms with Gasteiger partial charge >= 0.3 is 17.9 Å². The highest BCUT2D eigenvalue weighted by atomic mass is 16.7. The Balaban J connectivity index is 2.15. The average Bonchev–Trinajstić information content (AvgIpc) is 2.70. The lowest BCUT2D eigenvalue weighted by Gasteiger charge is -2.35. The van der Waals surface area contributed by atoms with E-state index >= 15 is 0 Å². The Morgan fingerprint density at radius 1 is 0.964 bits per heavy atom. The van der Waals surface area contributed by atoms with E-state index in [0.717, 1.165) is 19.3 Å². The van der Waals surface area contributed by atoms with Crippen LogP contribution in [0.4, 0.5) is 0 Å². The molecule has 28 heavy (non-hydrogen) atoms. The molecule has 0 atom stereocenters. The Kier molecular flexibility index (Phi) is 7.20. The molecule has 0 saturated carbocycles. The highest BCUT2D eigenvalue weighted by Gasteiger charge is 2.44. The van der Waals surface area contributed by atoms with Gasteiger partial charge in [0.05, 0.1) is 17.9 Å². The van der Waals surface area contributed by atoms with Crippen molar-refractivity contribution in [3.63, 3.8) is 0 Å². The Bertz CT molecular complexity index is 740. The van der Waals surface area contributed by atoms with Gasteiger partial charge in [-0.2, -0.15) is 0 Å². The first-order chi connectivity index (χ1) is 13.4. The van der Waals surface area contributed by atoms with Gasteiger partial charge < -0.3 is 19.9 Å². The molecule has 0 radical (unpaired) electrons. The van der Waals surface area contributed by atoms with Crippen LogP contribution in [0, 0.1) is 0 Å². The molecule has 0 amide bonds. The molecule has 2 N–H and O–H groups in total. The van der Waals surface area contributed by atoms with Gasteiger partial charge in [-0.25, -0.2) is 14.4 Å². The molecule has 1 aliphatic rings. The number of carbonyl (C=O) groups is 3. The van der Waals surface area contributed by atoms with E-state index in [1.54, 1.807) is 26.0 Å². The summed E-state index contributed by atoms with van der Waals surface area (Å²) in [5, 5.41) is 0. The molecule has 7 heteroatoms. The summed E-state index contributed by atoms with van der Waals surface area (Å²) in [5.74, 6) is -3.29. The molecule has 152 valence electrons.